The molecule has 0 saturated heterocycles. The second-order valence-electron chi connectivity index (χ2n) is 11.3. The maximum Gasteiger partial charge on any atom is 0.225 e. The number of carbonyl (C=O) groups is 1. The van der Waals surface area contributed by atoms with Crippen molar-refractivity contribution in [1.82, 2.24) is 30.3 Å². The lowest BCUT2D eigenvalue weighted by atomic mass is 10.0. The molecule has 1 amide bonds. The Labute approximate surface area is 253 Å². The first-order valence-corrected chi connectivity index (χ1v) is 15.9. The van der Waals surface area contributed by atoms with Crippen LogP contribution in [0.3, 0.4) is 0 Å². The predicted octanol–water partition coefficient (Wildman–Crippen LogP) is 3.86. The third kappa shape index (κ3) is 6.51. The number of benzene rings is 2. The molecule has 12 heteroatoms. The standard InChI is InChI=1S/C31H36FN7O3S/c1-2-15-43-31-35-28(34-23-16-21(23)19-8-4-3-5-9-19)25-29(36-31)39(38-37-25)24-17-22(26(40)27(24)41)30(42)33-14-6-7-18-10-12-20(32)13-11-18/h3-5,8-13,21-24,26-27,40-41H,2,6-7,14-17H2,1H3,(H,33,42)(H,34,35,36)/t21?,22-,23?,24+,26+,27-/m0/s1. The molecule has 10 nitrogen and oxygen atoms in total. The number of nitrogens with zero attached hydrogens (tertiary/aromatic N) is 5. The van der Waals surface area contributed by atoms with Crippen LogP contribution in [0.15, 0.2) is 59.8 Å². The van der Waals surface area contributed by atoms with E-state index < -0.39 is 24.2 Å². The molecule has 2 aromatic carbocycles. The SMILES string of the molecule is CCCSc1nc(NC2CC2c2ccccc2)c2nnn([C@@H]3C[C@H](C(=O)NCCCc4ccc(F)cc4)[C@@H](O)[C@H]3O)c2n1. The van der Waals surface area contributed by atoms with Gasteiger partial charge in [0.15, 0.2) is 22.1 Å². The Kier molecular flexibility index (Phi) is 8.87. The van der Waals surface area contributed by atoms with Gasteiger partial charge in [0.2, 0.25) is 5.91 Å². The zero-order valence-corrected chi connectivity index (χ0v) is 24.8. The third-order valence-corrected chi connectivity index (χ3v) is 9.29. The van der Waals surface area contributed by atoms with Crippen molar-refractivity contribution in [1.29, 1.82) is 0 Å². The zero-order chi connectivity index (χ0) is 29.9. The number of rotatable bonds is 12. The fourth-order valence-corrected chi connectivity index (χ4v) is 6.48. The van der Waals surface area contributed by atoms with E-state index in [1.807, 2.05) is 18.2 Å². The maximum absolute atomic E-state index is 13.1. The van der Waals surface area contributed by atoms with E-state index >= 15 is 0 Å². The summed E-state index contributed by atoms with van der Waals surface area (Å²) < 4.78 is 14.7. The Morgan fingerprint density at radius 2 is 1.86 bits per heavy atom. The van der Waals surface area contributed by atoms with E-state index in [0.29, 0.717) is 47.4 Å². The van der Waals surface area contributed by atoms with E-state index in [4.69, 9.17) is 9.97 Å². The molecule has 0 aliphatic heterocycles. The summed E-state index contributed by atoms with van der Waals surface area (Å²) in [6.45, 7) is 2.49. The fraction of sp³-hybridized carbons (Fsp3) is 0.452. The van der Waals surface area contributed by atoms with Gasteiger partial charge in [-0.2, -0.15) is 0 Å². The van der Waals surface area contributed by atoms with E-state index in [9.17, 15) is 19.4 Å². The quantitative estimate of drug-likeness (QED) is 0.108. The number of anilines is 1. The van der Waals surface area contributed by atoms with Crippen LogP contribution in [0.25, 0.3) is 11.2 Å². The van der Waals surface area contributed by atoms with Gasteiger partial charge in [-0.15, -0.1) is 5.10 Å². The Balaban J connectivity index is 1.16. The number of halogens is 1. The van der Waals surface area contributed by atoms with E-state index in [-0.39, 0.29) is 24.2 Å². The minimum Gasteiger partial charge on any atom is -0.390 e. The number of hydrogen-bond donors (Lipinski definition) is 4. The van der Waals surface area contributed by atoms with Crippen LogP contribution in [0, 0.1) is 11.7 Å². The first-order chi connectivity index (χ1) is 20.9. The van der Waals surface area contributed by atoms with Gasteiger partial charge in [0.25, 0.3) is 0 Å². The Morgan fingerprint density at radius 1 is 1.07 bits per heavy atom. The van der Waals surface area contributed by atoms with E-state index in [1.54, 1.807) is 23.9 Å². The number of aliphatic hydroxyl groups is 2. The Hall–Kier alpha value is -3.61. The molecular formula is C31H36FN7O3S. The molecule has 2 aliphatic rings. The highest BCUT2D eigenvalue weighted by molar-refractivity contribution is 7.99. The smallest absolute Gasteiger partial charge is 0.225 e. The van der Waals surface area contributed by atoms with E-state index in [2.05, 4.69) is 40.0 Å². The molecule has 2 aliphatic carbocycles. The highest BCUT2D eigenvalue weighted by Crippen LogP contribution is 2.43. The van der Waals surface area contributed by atoms with Crippen LogP contribution in [0.2, 0.25) is 0 Å². The monoisotopic (exact) mass is 605 g/mol. The first kappa shape index (κ1) is 29.5. The molecule has 2 saturated carbocycles. The summed E-state index contributed by atoms with van der Waals surface area (Å²) in [7, 11) is 0. The van der Waals surface area contributed by atoms with Crippen LogP contribution in [0.1, 0.15) is 55.7 Å². The summed E-state index contributed by atoms with van der Waals surface area (Å²) in [6, 6.07) is 16.2. The molecule has 2 aromatic heterocycles. The first-order valence-electron chi connectivity index (χ1n) is 14.9. The fourth-order valence-electron chi connectivity index (χ4n) is 5.79. The van der Waals surface area contributed by atoms with Crippen LogP contribution in [-0.4, -0.2) is 71.6 Å². The van der Waals surface area contributed by atoms with Gasteiger partial charge < -0.3 is 20.8 Å². The van der Waals surface area contributed by atoms with Gasteiger partial charge in [-0.1, -0.05) is 66.4 Å². The van der Waals surface area contributed by atoms with Gasteiger partial charge in [-0.25, -0.2) is 19.0 Å². The van der Waals surface area contributed by atoms with Crippen LogP contribution in [0.4, 0.5) is 10.2 Å². The molecule has 6 atom stereocenters. The lowest BCUT2D eigenvalue weighted by molar-refractivity contribution is -0.128. The molecule has 43 heavy (non-hydrogen) atoms. The largest absolute Gasteiger partial charge is 0.390 e. The van der Waals surface area contributed by atoms with Crippen molar-refractivity contribution in [3.63, 3.8) is 0 Å². The number of hydrogen-bond acceptors (Lipinski definition) is 9. The average Bonchev–Trinajstić information content (AvgIpc) is 3.56. The summed E-state index contributed by atoms with van der Waals surface area (Å²) in [4.78, 5) is 22.5. The van der Waals surface area contributed by atoms with Crippen molar-refractivity contribution in [2.75, 3.05) is 17.6 Å². The van der Waals surface area contributed by atoms with Gasteiger partial charge in [0, 0.05) is 24.3 Å². The van der Waals surface area contributed by atoms with Crippen molar-refractivity contribution in [3.8, 4) is 0 Å². The van der Waals surface area contributed by atoms with E-state index in [0.717, 1.165) is 24.2 Å². The van der Waals surface area contributed by atoms with Gasteiger partial charge in [-0.3, -0.25) is 4.79 Å². The molecule has 2 unspecified atom stereocenters. The molecule has 2 heterocycles. The molecule has 6 rings (SSSR count). The lowest BCUT2D eigenvalue weighted by Crippen LogP contribution is -2.38. The van der Waals surface area contributed by atoms with Crippen LogP contribution in [-0.2, 0) is 11.2 Å². The number of thioether (sulfide) groups is 1. The molecule has 0 bridgehead atoms. The van der Waals surface area contributed by atoms with Crippen LogP contribution >= 0.6 is 11.8 Å². The Bertz CT molecular complexity index is 1550. The molecule has 226 valence electrons. The van der Waals surface area contributed by atoms with Crippen LogP contribution < -0.4 is 10.6 Å². The highest BCUT2D eigenvalue weighted by atomic mass is 32.2. The van der Waals surface area contributed by atoms with Gasteiger partial charge in [0.05, 0.1) is 18.1 Å². The second kappa shape index (κ2) is 12.9. The van der Waals surface area contributed by atoms with Gasteiger partial charge in [-0.05, 0) is 55.4 Å². The van der Waals surface area contributed by atoms with Crippen molar-refractivity contribution in [3.05, 3.63) is 71.5 Å². The van der Waals surface area contributed by atoms with Crippen molar-refractivity contribution in [2.45, 2.75) is 74.4 Å². The normalized spacial score (nSPS) is 24.7. The number of carbonyl (C=O) groups excluding carboxylic acids is 1. The summed E-state index contributed by atoms with van der Waals surface area (Å²) >= 11 is 1.54. The maximum atomic E-state index is 13.1. The van der Waals surface area contributed by atoms with E-state index in [1.165, 1.54) is 22.4 Å². The van der Waals surface area contributed by atoms with Gasteiger partial charge in [0.1, 0.15) is 11.9 Å². The molecule has 2 fully saturated rings. The minimum atomic E-state index is -1.26. The molecule has 4 N–H and O–H groups in total. The molecular weight excluding hydrogens is 569 g/mol. The second-order valence-corrected chi connectivity index (χ2v) is 12.4. The number of fused-ring (bicyclic) bond motifs is 1. The summed E-state index contributed by atoms with van der Waals surface area (Å²) in [5.41, 5.74) is 3.21. The van der Waals surface area contributed by atoms with Crippen LogP contribution in [0.5, 0.6) is 0 Å². The van der Waals surface area contributed by atoms with Crippen molar-refractivity contribution < 1.29 is 19.4 Å². The number of amides is 1. The van der Waals surface area contributed by atoms with Crippen molar-refractivity contribution >= 4 is 34.7 Å². The summed E-state index contributed by atoms with van der Waals surface area (Å²) in [5, 5.41) is 37.6. The topological polar surface area (TPSA) is 138 Å². The molecule has 0 radical (unpaired) electrons. The third-order valence-electron chi connectivity index (χ3n) is 8.24. The molecule has 0 spiro atoms. The number of aromatic nitrogens is 5. The minimum absolute atomic E-state index is 0.188. The van der Waals surface area contributed by atoms with Crippen molar-refractivity contribution in [2.24, 2.45) is 5.92 Å². The lowest BCUT2D eigenvalue weighted by Gasteiger charge is -2.17. The number of nitrogens with one attached hydrogen (secondary N) is 2. The number of aryl methyl sites for hydroxylation is 1. The molecule has 4 aromatic rings. The summed E-state index contributed by atoms with van der Waals surface area (Å²) in [6.07, 6.45) is 1.00. The van der Waals surface area contributed by atoms with Gasteiger partial charge >= 0.3 is 0 Å². The number of aliphatic hydroxyl groups excluding tert-OH is 2. The average molecular weight is 606 g/mol. The zero-order valence-electron chi connectivity index (χ0n) is 23.9. The summed E-state index contributed by atoms with van der Waals surface area (Å²) in [5.74, 6) is 0.411. The highest BCUT2D eigenvalue weighted by Gasteiger charge is 2.47. The predicted molar refractivity (Wildman–Crippen MR) is 162 cm³/mol. The Morgan fingerprint density at radius 3 is 2.63 bits per heavy atom.